The number of nitro benzene ring substituents is 1. The van der Waals surface area contributed by atoms with Gasteiger partial charge in [-0.25, -0.2) is 8.42 Å². The van der Waals surface area contributed by atoms with Gasteiger partial charge in [-0.05, 0) is 64.8 Å². The Bertz CT molecular complexity index is 1130. The summed E-state index contributed by atoms with van der Waals surface area (Å²) < 4.78 is 33.7. The lowest BCUT2D eigenvalue weighted by Gasteiger charge is -2.11. The maximum absolute atomic E-state index is 12.6. The van der Waals surface area contributed by atoms with Crippen molar-refractivity contribution in [1.29, 1.82) is 0 Å². The second-order valence-electron chi connectivity index (χ2n) is 5.87. The normalized spacial score (nSPS) is 11.1. The van der Waals surface area contributed by atoms with E-state index in [1.807, 2.05) is 31.2 Å². The fourth-order valence-electron chi connectivity index (χ4n) is 2.39. The number of nitro groups is 1. The van der Waals surface area contributed by atoms with E-state index in [0.717, 1.165) is 11.6 Å². The molecule has 144 valence electrons. The number of hydrogen-bond donors (Lipinski definition) is 1. The maximum Gasteiger partial charge on any atom is 0.271 e. The van der Waals surface area contributed by atoms with E-state index in [9.17, 15) is 18.5 Å². The lowest BCUT2D eigenvalue weighted by Crippen LogP contribution is -2.13. The molecular formula is C19H15BrN2O5S. The Labute approximate surface area is 170 Å². The van der Waals surface area contributed by atoms with Gasteiger partial charge in [0.25, 0.3) is 15.7 Å². The number of sulfonamides is 1. The van der Waals surface area contributed by atoms with Crippen molar-refractivity contribution in [3.8, 4) is 11.5 Å². The minimum Gasteiger partial charge on any atom is -0.457 e. The van der Waals surface area contributed by atoms with Crippen LogP contribution in [0.15, 0.2) is 76.1 Å². The van der Waals surface area contributed by atoms with E-state index in [0.29, 0.717) is 16.0 Å². The standard InChI is InChI=1S/C19H15BrN2O5S/c1-13-4-2-3-5-19(13)27-15-7-9-16(10-8-15)28(25,26)21-18-12-14(22(23)24)6-11-17(18)20/h2-12,21H,1H3. The molecule has 0 bridgehead atoms. The molecule has 0 atom stereocenters. The van der Waals surface area contributed by atoms with Crippen molar-refractivity contribution in [2.45, 2.75) is 11.8 Å². The van der Waals surface area contributed by atoms with Gasteiger partial charge in [0.1, 0.15) is 11.5 Å². The number of rotatable bonds is 6. The third-order valence-corrected chi connectivity index (χ3v) is 5.93. The molecule has 7 nitrogen and oxygen atoms in total. The van der Waals surface area contributed by atoms with Crippen molar-refractivity contribution in [3.05, 3.63) is 86.9 Å². The SMILES string of the molecule is Cc1ccccc1Oc1ccc(S(=O)(=O)Nc2cc([N+](=O)[O-])ccc2Br)cc1. The van der Waals surface area contributed by atoms with Gasteiger partial charge in [-0.15, -0.1) is 0 Å². The van der Waals surface area contributed by atoms with Crippen molar-refractivity contribution in [3.63, 3.8) is 0 Å². The van der Waals surface area contributed by atoms with Crippen molar-refractivity contribution in [1.82, 2.24) is 0 Å². The Morgan fingerprint density at radius 3 is 2.36 bits per heavy atom. The molecule has 9 heteroatoms. The summed E-state index contributed by atoms with van der Waals surface area (Å²) in [5, 5.41) is 10.9. The molecule has 0 unspecified atom stereocenters. The van der Waals surface area contributed by atoms with Crippen LogP contribution in [0.1, 0.15) is 5.56 Å². The van der Waals surface area contributed by atoms with Crippen LogP contribution < -0.4 is 9.46 Å². The summed E-state index contributed by atoms with van der Waals surface area (Å²) in [6.45, 7) is 1.91. The molecule has 0 saturated heterocycles. The maximum atomic E-state index is 12.6. The first kappa shape index (κ1) is 19.8. The zero-order chi connectivity index (χ0) is 20.3. The number of ether oxygens (including phenoxy) is 1. The molecule has 0 aliphatic carbocycles. The lowest BCUT2D eigenvalue weighted by atomic mass is 10.2. The van der Waals surface area contributed by atoms with Crippen LogP contribution in [0.25, 0.3) is 0 Å². The predicted octanol–water partition coefficient (Wildman–Crippen LogP) is 5.26. The van der Waals surface area contributed by atoms with Crippen LogP contribution in [-0.2, 0) is 10.0 Å². The smallest absolute Gasteiger partial charge is 0.271 e. The molecule has 0 spiro atoms. The van der Waals surface area contributed by atoms with E-state index < -0.39 is 14.9 Å². The van der Waals surface area contributed by atoms with Gasteiger partial charge in [0.15, 0.2) is 0 Å². The molecule has 0 amide bonds. The number of nitrogens with zero attached hydrogens (tertiary/aromatic N) is 1. The van der Waals surface area contributed by atoms with E-state index in [-0.39, 0.29) is 16.3 Å². The molecular weight excluding hydrogens is 448 g/mol. The van der Waals surface area contributed by atoms with Crippen molar-refractivity contribution >= 4 is 37.3 Å². The van der Waals surface area contributed by atoms with Gasteiger partial charge in [0.2, 0.25) is 0 Å². The summed E-state index contributed by atoms with van der Waals surface area (Å²) in [6.07, 6.45) is 0. The number of non-ortho nitro benzene ring substituents is 1. The highest BCUT2D eigenvalue weighted by Crippen LogP contribution is 2.30. The monoisotopic (exact) mass is 462 g/mol. The highest BCUT2D eigenvalue weighted by atomic mass is 79.9. The van der Waals surface area contributed by atoms with Gasteiger partial charge in [0, 0.05) is 16.6 Å². The van der Waals surface area contributed by atoms with E-state index in [2.05, 4.69) is 20.7 Å². The van der Waals surface area contributed by atoms with Crippen molar-refractivity contribution in [2.24, 2.45) is 0 Å². The van der Waals surface area contributed by atoms with E-state index in [4.69, 9.17) is 4.74 Å². The summed E-state index contributed by atoms with van der Waals surface area (Å²) in [5.41, 5.74) is 0.814. The minimum absolute atomic E-state index is 0.00281. The van der Waals surface area contributed by atoms with Crippen LogP contribution in [0.3, 0.4) is 0 Å². The number of hydrogen-bond acceptors (Lipinski definition) is 5. The first-order valence-corrected chi connectivity index (χ1v) is 10.3. The highest BCUT2D eigenvalue weighted by molar-refractivity contribution is 9.10. The molecule has 0 fully saturated rings. The number of para-hydroxylation sites is 1. The van der Waals surface area contributed by atoms with Crippen LogP contribution in [0.4, 0.5) is 11.4 Å². The molecule has 3 rings (SSSR count). The number of halogens is 1. The summed E-state index contributed by atoms with van der Waals surface area (Å²) >= 11 is 3.19. The summed E-state index contributed by atoms with van der Waals surface area (Å²) in [7, 11) is -3.93. The van der Waals surface area contributed by atoms with Crippen molar-refractivity contribution < 1.29 is 18.1 Å². The molecule has 28 heavy (non-hydrogen) atoms. The first-order valence-electron chi connectivity index (χ1n) is 8.06. The summed E-state index contributed by atoms with van der Waals surface area (Å²) in [6, 6.07) is 17.2. The molecule has 0 aromatic heterocycles. The fourth-order valence-corrected chi connectivity index (χ4v) is 3.94. The van der Waals surface area contributed by atoms with Crippen molar-refractivity contribution in [2.75, 3.05) is 4.72 Å². The van der Waals surface area contributed by atoms with Gasteiger partial charge in [-0.3, -0.25) is 14.8 Å². The molecule has 0 aliphatic heterocycles. The van der Waals surface area contributed by atoms with Crippen LogP contribution >= 0.6 is 15.9 Å². The Hall–Kier alpha value is -2.91. The van der Waals surface area contributed by atoms with Gasteiger partial charge >= 0.3 is 0 Å². The average Bonchev–Trinajstić information content (AvgIpc) is 2.65. The van der Waals surface area contributed by atoms with Crippen LogP contribution in [0.2, 0.25) is 0 Å². The van der Waals surface area contributed by atoms with E-state index >= 15 is 0 Å². The van der Waals surface area contributed by atoms with Gasteiger partial charge in [-0.2, -0.15) is 0 Å². The molecule has 0 aliphatic rings. The zero-order valence-electron chi connectivity index (χ0n) is 14.6. The topological polar surface area (TPSA) is 98.5 Å². The fraction of sp³-hybridized carbons (Fsp3) is 0.0526. The molecule has 0 heterocycles. The van der Waals surface area contributed by atoms with E-state index in [1.54, 1.807) is 12.1 Å². The lowest BCUT2D eigenvalue weighted by molar-refractivity contribution is -0.384. The average molecular weight is 463 g/mol. The molecule has 0 saturated carbocycles. The second kappa shape index (κ2) is 7.99. The Kier molecular flexibility index (Phi) is 5.66. The Balaban J connectivity index is 1.82. The third-order valence-electron chi connectivity index (χ3n) is 3.86. The molecule has 3 aromatic rings. The number of aryl methyl sites for hydroxylation is 1. The van der Waals surface area contributed by atoms with Crippen LogP contribution in [-0.4, -0.2) is 13.3 Å². The van der Waals surface area contributed by atoms with Crippen LogP contribution in [0, 0.1) is 17.0 Å². The first-order chi connectivity index (χ1) is 13.3. The van der Waals surface area contributed by atoms with Gasteiger partial charge < -0.3 is 4.74 Å². The second-order valence-corrected chi connectivity index (χ2v) is 8.40. The number of benzene rings is 3. The van der Waals surface area contributed by atoms with Gasteiger partial charge in [0.05, 0.1) is 15.5 Å². The Morgan fingerprint density at radius 1 is 1.04 bits per heavy atom. The quantitative estimate of drug-likeness (QED) is 0.397. The minimum atomic E-state index is -3.93. The summed E-state index contributed by atoms with van der Waals surface area (Å²) in [5.74, 6) is 1.17. The predicted molar refractivity (Wildman–Crippen MR) is 109 cm³/mol. The number of nitrogens with one attached hydrogen (secondary N) is 1. The summed E-state index contributed by atoms with van der Waals surface area (Å²) in [4.78, 5) is 10.3. The molecule has 3 aromatic carbocycles. The zero-order valence-corrected chi connectivity index (χ0v) is 17.0. The molecule has 0 radical (unpaired) electrons. The van der Waals surface area contributed by atoms with E-state index in [1.165, 1.54) is 24.3 Å². The van der Waals surface area contributed by atoms with Gasteiger partial charge in [-0.1, -0.05) is 18.2 Å². The third kappa shape index (κ3) is 4.49. The Morgan fingerprint density at radius 2 is 1.71 bits per heavy atom. The van der Waals surface area contributed by atoms with Crippen LogP contribution in [0.5, 0.6) is 11.5 Å². The molecule has 1 N–H and O–H groups in total. The highest BCUT2D eigenvalue weighted by Gasteiger charge is 2.18. The number of anilines is 1. The largest absolute Gasteiger partial charge is 0.457 e.